The number of amides is 1. The Morgan fingerprint density at radius 1 is 1.25 bits per heavy atom. The molecule has 2 heterocycles. The first-order valence-electron chi connectivity index (χ1n) is 8.56. The van der Waals surface area contributed by atoms with E-state index in [1.54, 1.807) is 42.6 Å². The van der Waals surface area contributed by atoms with Gasteiger partial charge in [-0.15, -0.1) is 0 Å². The molecule has 146 valence electrons. The lowest BCUT2D eigenvalue weighted by molar-refractivity contribution is -0.115. The molecule has 1 aliphatic heterocycles. The Labute approximate surface area is 176 Å². The number of benzene rings is 1. The van der Waals surface area contributed by atoms with Crippen LogP contribution in [0.3, 0.4) is 0 Å². The zero-order chi connectivity index (χ0) is 20.3. The van der Waals surface area contributed by atoms with Crippen molar-refractivity contribution in [1.29, 1.82) is 0 Å². The molecule has 1 aromatic carbocycles. The van der Waals surface area contributed by atoms with Crippen molar-refractivity contribution >= 4 is 49.2 Å². The number of hydrogen-bond donors (Lipinski definition) is 1. The van der Waals surface area contributed by atoms with Crippen LogP contribution in [-0.4, -0.2) is 25.0 Å². The molecule has 0 saturated heterocycles. The van der Waals surface area contributed by atoms with Gasteiger partial charge in [0.2, 0.25) is 0 Å². The van der Waals surface area contributed by atoms with E-state index >= 15 is 0 Å². The van der Waals surface area contributed by atoms with Gasteiger partial charge in [0.05, 0.1) is 10.7 Å². The van der Waals surface area contributed by atoms with Crippen LogP contribution in [0.25, 0.3) is 0 Å². The second kappa shape index (κ2) is 8.55. The maximum atomic E-state index is 12.6. The highest BCUT2D eigenvalue weighted by Gasteiger charge is 2.29. The van der Waals surface area contributed by atoms with Crippen molar-refractivity contribution < 1.29 is 13.2 Å². The van der Waals surface area contributed by atoms with Gasteiger partial charge in [0, 0.05) is 16.6 Å². The first-order chi connectivity index (χ1) is 13.3. The largest absolute Gasteiger partial charge is 0.283 e. The van der Waals surface area contributed by atoms with E-state index < -0.39 is 15.9 Å². The van der Waals surface area contributed by atoms with Crippen molar-refractivity contribution in [3.8, 4) is 0 Å². The molecule has 0 radical (unpaired) electrons. The molecule has 3 rings (SSSR count). The molecule has 28 heavy (non-hydrogen) atoms. The Balaban J connectivity index is 1.90. The lowest BCUT2D eigenvalue weighted by Gasteiger charge is -2.10. The van der Waals surface area contributed by atoms with Gasteiger partial charge in [0.15, 0.2) is 0 Å². The number of halogens is 2. The molecule has 0 saturated carbocycles. The minimum absolute atomic E-state index is 0.0240. The SMILES string of the molecule is CCCC1C=C(C(=O)NS(=O)(=O)c2ccccc2Br)N=C1c1ncccc1Cl. The number of carbonyl (C=O) groups is 1. The number of hydrogen-bond acceptors (Lipinski definition) is 5. The van der Waals surface area contributed by atoms with E-state index in [1.165, 1.54) is 6.07 Å². The number of aromatic nitrogens is 1. The fraction of sp³-hybridized carbons (Fsp3) is 0.211. The predicted octanol–water partition coefficient (Wildman–Crippen LogP) is 4.11. The number of carbonyl (C=O) groups excluding carboxylic acids is 1. The van der Waals surface area contributed by atoms with Crippen molar-refractivity contribution in [3.05, 3.63) is 69.6 Å². The molecular formula is C19H17BrClN3O3S. The summed E-state index contributed by atoms with van der Waals surface area (Å²) in [6.45, 7) is 2.01. The molecule has 6 nitrogen and oxygen atoms in total. The lowest BCUT2D eigenvalue weighted by atomic mass is 9.96. The Bertz CT molecular complexity index is 1080. The predicted molar refractivity (Wildman–Crippen MR) is 112 cm³/mol. The summed E-state index contributed by atoms with van der Waals surface area (Å²) >= 11 is 9.42. The quantitative estimate of drug-likeness (QED) is 0.671. The Kier molecular flexibility index (Phi) is 6.32. The van der Waals surface area contributed by atoms with Crippen molar-refractivity contribution in [2.75, 3.05) is 0 Å². The number of nitrogens with zero attached hydrogens (tertiary/aromatic N) is 2. The van der Waals surface area contributed by atoms with E-state index in [4.69, 9.17) is 11.6 Å². The Hall–Kier alpha value is -2.03. The Morgan fingerprint density at radius 2 is 2.00 bits per heavy atom. The minimum atomic E-state index is -4.05. The van der Waals surface area contributed by atoms with Crippen molar-refractivity contribution in [2.45, 2.75) is 24.7 Å². The number of nitrogens with one attached hydrogen (secondary N) is 1. The molecule has 1 atom stereocenters. The molecule has 1 aliphatic rings. The first-order valence-corrected chi connectivity index (χ1v) is 11.2. The van der Waals surface area contributed by atoms with E-state index in [9.17, 15) is 13.2 Å². The maximum Gasteiger partial charge on any atom is 0.283 e. The molecule has 9 heteroatoms. The van der Waals surface area contributed by atoms with Crippen LogP contribution in [0.1, 0.15) is 25.5 Å². The van der Waals surface area contributed by atoms with Gasteiger partial charge in [-0.25, -0.2) is 18.1 Å². The highest BCUT2D eigenvalue weighted by molar-refractivity contribution is 9.10. The molecule has 1 unspecified atom stereocenters. The van der Waals surface area contributed by atoms with Crippen LogP contribution < -0.4 is 4.72 Å². The highest BCUT2D eigenvalue weighted by atomic mass is 79.9. The fourth-order valence-corrected chi connectivity index (χ4v) is 5.06. The third-order valence-electron chi connectivity index (χ3n) is 4.14. The number of sulfonamides is 1. The second-order valence-corrected chi connectivity index (χ2v) is 9.06. The topological polar surface area (TPSA) is 88.5 Å². The van der Waals surface area contributed by atoms with Gasteiger partial charge < -0.3 is 0 Å². The number of allylic oxidation sites excluding steroid dienone is 1. The number of aliphatic imine (C=N–C) groups is 1. The van der Waals surface area contributed by atoms with Crippen molar-refractivity contribution in [1.82, 2.24) is 9.71 Å². The van der Waals surface area contributed by atoms with Gasteiger partial charge >= 0.3 is 0 Å². The van der Waals surface area contributed by atoms with Gasteiger partial charge in [-0.05, 0) is 52.7 Å². The van der Waals surface area contributed by atoms with Gasteiger partial charge in [0.25, 0.3) is 15.9 Å². The van der Waals surface area contributed by atoms with Gasteiger partial charge in [-0.2, -0.15) is 0 Å². The first kappa shape index (κ1) is 20.7. The standard InChI is InChI=1S/C19H17BrClN3O3S/c1-2-6-12-11-15(23-17(12)18-14(21)8-5-10-22-18)19(25)24-28(26,27)16-9-4-3-7-13(16)20/h3-5,7-12H,2,6H2,1H3,(H,24,25). The van der Waals surface area contributed by atoms with E-state index in [0.29, 0.717) is 20.9 Å². The van der Waals surface area contributed by atoms with Crippen LogP contribution >= 0.6 is 27.5 Å². The maximum absolute atomic E-state index is 12.6. The van der Waals surface area contributed by atoms with E-state index in [-0.39, 0.29) is 16.5 Å². The Morgan fingerprint density at radius 3 is 2.68 bits per heavy atom. The summed E-state index contributed by atoms with van der Waals surface area (Å²) < 4.78 is 27.6. The molecule has 0 spiro atoms. The van der Waals surface area contributed by atoms with Crippen LogP contribution in [0.5, 0.6) is 0 Å². The van der Waals surface area contributed by atoms with Crippen LogP contribution in [0.15, 0.2) is 68.7 Å². The smallest absolute Gasteiger partial charge is 0.266 e. The third kappa shape index (κ3) is 4.34. The van der Waals surface area contributed by atoms with Gasteiger partial charge in [-0.1, -0.05) is 37.1 Å². The fourth-order valence-electron chi connectivity index (χ4n) is 2.87. The second-order valence-electron chi connectivity index (χ2n) is 6.14. The van der Waals surface area contributed by atoms with E-state index in [2.05, 4.69) is 30.6 Å². The minimum Gasteiger partial charge on any atom is -0.266 e. The summed E-state index contributed by atoms with van der Waals surface area (Å²) in [5, 5.41) is 0.429. The third-order valence-corrected chi connectivity index (χ3v) is 6.79. The summed E-state index contributed by atoms with van der Waals surface area (Å²) in [5.41, 5.74) is 1.09. The average Bonchev–Trinajstić information content (AvgIpc) is 3.06. The van der Waals surface area contributed by atoms with Crippen molar-refractivity contribution in [3.63, 3.8) is 0 Å². The summed E-state index contributed by atoms with van der Waals surface area (Å²) in [7, 11) is -4.05. The normalized spacial score (nSPS) is 16.5. The van der Waals surface area contributed by atoms with Gasteiger partial charge in [-0.3, -0.25) is 9.78 Å². The average molecular weight is 483 g/mol. The molecule has 1 aromatic heterocycles. The molecular weight excluding hydrogens is 466 g/mol. The van der Waals surface area contributed by atoms with Crippen LogP contribution in [-0.2, 0) is 14.8 Å². The zero-order valence-corrected chi connectivity index (χ0v) is 18.1. The van der Waals surface area contributed by atoms with E-state index in [0.717, 1.165) is 12.8 Å². The molecule has 1 amide bonds. The summed E-state index contributed by atoms with van der Waals surface area (Å²) in [6, 6.07) is 9.67. The number of rotatable bonds is 6. The monoisotopic (exact) mass is 481 g/mol. The van der Waals surface area contributed by atoms with Crippen LogP contribution in [0.4, 0.5) is 0 Å². The molecule has 0 aliphatic carbocycles. The zero-order valence-electron chi connectivity index (χ0n) is 14.9. The molecule has 0 bridgehead atoms. The molecule has 0 fully saturated rings. The summed E-state index contributed by atoms with van der Waals surface area (Å²) in [6.07, 6.45) is 4.85. The van der Waals surface area contributed by atoms with Crippen LogP contribution in [0, 0.1) is 5.92 Å². The lowest BCUT2D eigenvalue weighted by Crippen LogP contribution is -2.31. The van der Waals surface area contributed by atoms with Crippen molar-refractivity contribution in [2.24, 2.45) is 10.9 Å². The summed E-state index contributed by atoms with van der Waals surface area (Å²) in [4.78, 5) is 21.2. The molecule has 1 N–H and O–H groups in total. The van der Waals surface area contributed by atoms with Gasteiger partial charge in [0.1, 0.15) is 16.3 Å². The van der Waals surface area contributed by atoms with E-state index in [1.807, 2.05) is 6.92 Å². The molecule has 2 aromatic rings. The number of pyridine rings is 1. The highest BCUT2D eigenvalue weighted by Crippen LogP contribution is 2.28. The summed E-state index contributed by atoms with van der Waals surface area (Å²) in [5.74, 6) is -0.955. The van der Waals surface area contributed by atoms with Crippen LogP contribution in [0.2, 0.25) is 5.02 Å².